The SMILES string of the molecule is COc1cc(C(=O)N2CC[C@]3(c4cc(C(F)(F)F)ccn4)OCOC3C2)ccc1OCCOC(F)(F)F. The van der Waals surface area contributed by atoms with Crippen LogP contribution in [0.3, 0.4) is 0 Å². The molecule has 0 radical (unpaired) electrons. The van der Waals surface area contributed by atoms with Gasteiger partial charge in [0.15, 0.2) is 11.5 Å². The van der Waals surface area contributed by atoms with Crippen LogP contribution in [0.1, 0.15) is 28.0 Å². The molecule has 3 heterocycles. The van der Waals surface area contributed by atoms with Gasteiger partial charge in [-0.3, -0.25) is 14.5 Å². The number of likely N-dealkylation sites (tertiary alicyclic amines) is 1. The van der Waals surface area contributed by atoms with Crippen LogP contribution in [0.2, 0.25) is 0 Å². The summed E-state index contributed by atoms with van der Waals surface area (Å²) >= 11 is 0. The number of carbonyl (C=O) groups excluding carboxylic acids is 1. The highest BCUT2D eigenvalue weighted by molar-refractivity contribution is 5.95. The molecular weight excluding hydrogens is 514 g/mol. The van der Waals surface area contributed by atoms with Gasteiger partial charge in [-0.15, -0.1) is 13.2 Å². The zero-order chi connectivity index (χ0) is 26.8. The quantitative estimate of drug-likeness (QED) is 0.389. The van der Waals surface area contributed by atoms with Crippen LogP contribution in [-0.2, 0) is 26.0 Å². The van der Waals surface area contributed by atoms with E-state index in [4.69, 9.17) is 18.9 Å². The second kappa shape index (κ2) is 10.3. The van der Waals surface area contributed by atoms with E-state index in [-0.39, 0.29) is 49.1 Å². The summed E-state index contributed by atoms with van der Waals surface area (Å²) in [5, 5.41) is 0. The van der Waals surface area contributed by atoms with Gasteiger partial charge in [0.05, 0.1) is 31.5 Å². The molecule has 2 aliphatic heterocycles. The molecule has 1 aromatic heterocycles. The van der Waals surface area contributed by atoms with Gasteiger partial charge < -0.3 is 23.8 Å². The van der Waals surface area contributed by atoms with E-state index in [0.717, 1.165) is 18.3 Å². The maximum atomic E-state index is 13.2. The number of halogens is 6. The fourth-order valence-corrected chi connectivity index (χ4v) is 4.28. The minimum atomic E-state index is -4.78. The lowest BCUT2D eigenvalue weighted by Crippen LogP contribution is -2.54. The topological polar surface area (TPSA) is 79.4 Å². The van der Waals surface area contributed by atoms with Crippen LogP contribution >= 0.6 is 0 Å². The molecule has 2 aliphatic rings. The van der Waals surface area contributed by atoms with E-state index in [9.17, 15) is 31.1 Å². The Morgan fingerprint density at radius 3 is 2.62 bits per heavy atom. The van der Waals surface area contributed by atoms with Crippen molar-refractivity contribution in [2.45, 2.75) is 30.7 Å². The molecule has 2 atom stereocenters. The largest absolute Gasteiger partial charge is 0.522 e. The van der Waals surface area contributed by atoms with Gasteiger partial charge >= 0.3 is 12.5 Å². The highest BCUT2D eigenvalue weighted by atomic mass is 19.4. The summed E-state index contributed by atoms with van der Waals surface area (Å²) in [6, 6.07) is 5.99. The summed E-state index contributed by atoms with van der Waals surface area (Å²) in [4.78, 5) is 18.8. The second-order valence-corrected chi connectivity index (χ2v) is 8.24. The molecule has 4 rings (SSSR count). The molecular formula is C23H22F6N2O6. The van der Waals surface area contributed by atoms with E-state index >= 15 is 0 Å². The number of methoxy groups -OCH3 is 1. The number of hydrogen-bond donors (Lipinski definition) is 0. The maximum Gasteiger partial charge on any atom is 0.522 e. The minimum Gasteiger partial charge on any atom is -0.493 e. The zero-order valence-corrected chi connectivity index (χ0v) is 19.4. The molecule has 2 aromatic rings. The molecule has 2 fully saturated rings. The Morgan fingerprint density at radius 2 is 1.92 bits per heavy atom. The molecule has 0 N–H and O–H groups in total. The smallest absolute Gasteiger partial charge is 0.493 e. The predicted molar refractivity (Wildman–Crippen MR) is 113 cm³/mol. The summed E-state index contributed by atoms with van der Waals surface area (Å²) in [5.41, 5.74) is -1.81. The first kappa shape index (κ1) is 26.9. The first-order chi connectivity index (χ1) is 17.4. The number of aromatic nitrogens is 1. The lowest BCUT2D eigenvalue weighted by Gasteiger charge is -2.41. The number of ether oxygens (including phenoxy) is 5. The Bertz CT molecular complexity index is 1130. The van der Waals surface area contributed by atoms with Gasteiger partial charge in [0.2, 0.25) is 0 Å². The summed E-state index contributed by atoms with van der Waals surface area (Å²) < 4.78 is 101. The van der Waals surface area contributed by atoms with Crippen molar-refractivity contribution in [1.82, 2.24) is 9.88 Å². The van der Waals surface area contributed by atoms with Gasteiger partial charge in [0.1, 0.15) is 25.1 Å². The van der Waals surface area contributed by atoms with Gasteiger partial charge in [0.25, 0.3) is 5.91 Å². The highest BCUT2D eigenvalue weighted by Crippen LogP contribution is 2.43. The summed E-state index contributed by atoms with van der Waals surface area (Å²) in [6.07, 6.45) is -8.87. The van der Waals surface area contributed by atoms with Crippen molar-refractivity contribution in [3.8, 4) is 11.5 Å². The monoisotopic (exact) mass is 536 g/mol. The van der Waals surface area contributed by atoms with Gasteiger partial charge in [-0.25, -0.2) is 0 Å². The third kappa shape index (κ3) is 5.91. The number of hydrogen-bond acceptors (Lipinski definition) is 7. The number of alkyl halides is 6. The van der Waals surface area contributed by atoms with Gasteiger partial charge in [-0.05, 0) is 30.3 Å². The molecule has 1 unspecified atom stereocenters. The molecule has 37 heavy (non-hydrogen) atoms. The van der Waals surface area contributed by atoms with Crippen LogP contribution in [0.4, 0.5) is 26.3 Å². The van der Waals surface area contributed by atoms with E-state index in [1.165, 1.54) is 30.2 Å². The lowest BCUT2D eigenvalue weighted by molar-refractivity contribution is -0.325. The third-order valence-electron chi connectivity index (χ3n) is 6.07. The van der Waals surface area contributed by atoms with Crippen molar-refractivity contribution >= 4 is 5.91 Å². The predicted octanol–water partition coefficient (Wildman–Crippen LogP) is 4.14. The first-order valence-corrected chi connectivity index (χ1v) is 11.0. The van der Waals surface area contributed by atoms with Crippen molar-refractivity contribution in [3.63, 3.8) is 0 Å². The Morgan fingerprint density at radius 1 is 1.14 bits per heavy atom. The van der Waals surface area contributed by atoms with E-state index in [1.54, 1.807) is 0 Å². The average Bonchev–Trinajstić information content (AvgIpc) is 3.29. The standard InChI is InChI=1S/C23H22F6N2O6/c1-33-17-10-14(2-3-16(17)34-8-9-36-23(27,28)29)20(32)31-7-5-21(19(12-31)35-13-37-21)18-11-15(4-6-30-18)22(24,25)26/h2-4,6,10-11,19H,5,7-9,12-13H2,1H3/t19?,21-/m1/s1. The number of carbonyl (C=O) groups is 1. The van der Waals surface area contributed by atoms with Crippen molar-refractivity contribution in [3.05, 3.63) is 53.3 Å². The molecule has 0 spiro atoms. The number of fused-ring (bicyclic) bond motifs is 1. The van der Waals surface area contributed by atoms with E-state index in [1.807, 2.05) is 0 Å². The van der Waals surface area contributed by atoms with Crippen LogP contribution in [-0.4, -0.2) is 68.5 Å². The Labute approximate surface area is 207 Å². The number of piperidine rings is 1. The van der Waals surface area contributed by atoms with E-state index < -0.39 is 48.9 Å². The minimum absolute atomic E-state index is 0.0338. The molecule has 202 valence electrons. The molecule has 14 heteroatoms. The highest BCUT2D eigenvalue weighted by Gasteiger charge is 2.52. The maximum absolute atomic E-state index is 13.2. The molecule has 0 aliphatic carbocycles. The van der Waals surface area contributed by atoms with Crippen molar-refractivity contribution in [1.29, 1.82) is 0 Å². The van der Waals surface area contributed by atoms with Crippen LogP contribution in [0.15, 0.2) is 36.5 Å². The Balaban J connectivity index is 1.46. The number of nitrogens with zero attached hydrogens (tertiary/aromatic N) is 2. The van der Waals surface area contributed by atoms with Crippen LogP contribution in [0.25, 0.3) is 0 Å². The van der Waals surface area contributed by atoms with Crippen LogP contribution < -0.4 is 9.47 Å². The average molecular weight is 536 g/mol. The second-order valence-electron chi connectivity index (χ2n) is 8.24. The lowest BCUT2D eigenvalue weighted by atomic mass is 9.84. The van der Waals surface area contributed by atoms with Crippen LogP contribution in [0.5, 0.6) is 11.5 Å². The number of benzene rings is 1. The normalized spacial score (nSPS) is 22.0. The number of rotatable bonds is 7. The van der Waals surface area contributed by atoms with Gasteiger partial charge in [0, 0.05) is 24.7 Å². The molecule has 0 saturated carbocycles. The third-order valence-corrected chi connectivity index (χ3v) is 6.07. The van der Waals surface area contributed by atoms with Crippen molar-refractivity contribution in [2.75, 3.05) is 40.2 Å². The van der Waals surface area contributed by atoms with Crippen LogP contribution in [0, 0.1) is 0 Å². The van der Waals surface area contributed by atoms with Gasteiger partial charge in [-0.1, -0.05) is 0 Å². The first-order valence-electron chi connectivity index (χ1n) is 11.0. The fraction of sp³-hybridized carbons (Fsp3) is 0.478. The molecule has 1 amide bonds. The van der Waals surface area contributed by atoms with Crippen molar-refractivity contribution in [2.24, 2.45) is 0 Å². The Hall–Kier alpha value is -3.10. The summed E-state index contributed by atoms with van der Waals surface area (Å²) in [6.45, 7) is -1.12. The zero-order valence-electron chi connectivity index (χ0n) is 19.4. The Kier molecular flexibility index (Phi) is 7.53. The van der Waals surface area contributed by atoms with E-state index in [2.05, 4.69) is 9.72 Å². The van der Waals surface area contributed by atoms with Crippen molar-refractivity contribution < 1.29 is 54.8 Å². The molecule has 2 saturated heterocycles. The molecule has 0 bridgehead atoms. The molecule has 1 aromatic carbocycles. The van der Waals surface area contributed by atoms with Gasteiger partial charge in [-0.2, -0.15) is 13.2 Å². The van der Waals surface area contributed by atoms with E-state index in [0.29, 0.717) is 0 Å². The number of amides is 1. The number of pyridine rings is 1. The summed E-state index contributed by atoms with van der Waals surface area (Å²) in [7, 11) is 1.31. The fourth-order valence-electron chi connectivity index (χ4n) is 4.28. The molecule has 8 nitrogen and oxygen atoms in total. The summed E-state index contributed by atoms with van der Waals surface area (Å²) in [5.74, 6) is -0.171.